The van der Waals surface area contributed by atoms with Gasteiger partial charge in [-0.15, -0.1) is 0 Å². The van der Waals surface area contributed by atoms with Gasteiger partial charge in [-0.2, -0.15) is 0 Å². The highest BCUT2D eigenvalue weighted by molar-refractivity contribution is 5.93. The summed E-state index contributed by atoms with van der Waals surface area (Å²) < 4.78 is 24.1. The maximum atomic E-state index is 13.7. The lowest BCUT2D eigenvalue weighted by atomic mass is 9.86. The van der Waals surface area contributed by atoms with E-state index in [0.717, 1.165) is 6.07 Å². The molecule has 0 aromatic heterocycles. The van der Waals surface area contributed by atoms with Crippen molar-refractivity contribution in [2.75, 3.05) is 13.7 Å². The Balaban J connectivity index is 3.20. The summed E-state index contributed by atoms with van der Waals surface area (Å²) in [6, 6.07) is 1.85. The number of amides is 2. The van der Waals surface area contributed by atoms with E-state index in [1.807, 2.05) is 20.8 Å². The summed E-state index contributed by atoms with van der Waals surface area (Å²) in [6.45, 7) is 12.0. The molecule has 10 heteroatoms. The second kappa shape index (κ2) is 11.9. The number of methoxy groups -OCH3 is 1. The average molecular weight is 482 g/mol. The van der Waals surface area contributed by atoms with Crippen LogP contribution in [0, 0.1) is 11.2 Å². The van der Waals surface area contributed by atoms with Crippen molar-refractivity contribution < 1.29 is 33.4 Å². The molecule has 9 nitrogen and oxygen atoms in total. The summed E-state index contributed by atoms with van der Waals surface area (Å²) in [5.74, 6) is -3.24. The van der Waals surface area contributed by atoms with Crippen molar-refractivity contribution in [3.8, 4) is 5.75 Å². The second-order valence-electron chi connectivity index (χ2n) is 9.94. The number of carbonyl (C=O) groups excluding carboxylic acids is 3. The normalized spacial score (nSPS) is 14.9. The van der Waals surface area contributed by atoms with Gasteiger partial charge in [0.15, 0.2) is 11.6 Å². The van der Waals surface area contributed by atoms with Crippen LogP contribution in [0.25, 0.3) is 0 Å². The van der Waals surface area contributed by atoms with Crippen LogP contribution in [0.4, 0.5) is 4.39 Å². The van der Waals surface area contributed by atoms with Crippen molar-refractivity contribution in [2.45, 2.75) is 72.3 Å². The molecule has 0 radical (unpaired) electrons. The van der Waals surface area contributed by atoms with Crippen molar-refractivity contribution in [3.05, 3.63) is 29.6 Å². The molecule has 0 aliphatic rings. The van der Waals surface area contributed by atoms with E-state index < -0.39 is 58.6 Å². The monoisotopic (exact) mass is 481 g/mol. The van der Waals surface area contributed by atoms with Gasteiger partial charge >= 0.3 is 5.97 Å². The van der Waals surface area contributed by atoms with Gasteiger partial charge in [0.2, 0.25) is 11.8 Å². The van der Waals surface area contributed by atoms with Crippen LogP contribution in [-0.4, -0.2) is 66.5 Å². The van der Waals surface area contributed by atoms with Gasteiger partial charge in [0.05, 0.1) is 18.8 Å². The summed E-state index contributed by atoms with van der Waals surface area (Å²) in [6.07, 6.45) is 0.466. The molecule has 0 aliphatic carbocycles. The molecule has 0 spiro atoms. The molecular formula is C24H36FN3O6. The van der Waals surface area contributed by atoms with Gasteiger partial charge in [-0.25, -0.2) is 4.39 Å². The number of ether oxygens (including phenoxy) is 2. The summed E-state index contributed by atoms with van der Waals surface area (Å²) >= 11 is 0. The summed E-state index contributed by atoms with van der Waals surface area (Å²) in [5.41, 5.74) is -1.19. The number of esters is 1. The van der Waals surface area contributed by atoms with Crippen LogP contribution in [0.15, 0.2) is 23.2 Å². The van der Waals surface area contributed by atoms with Crippen molar-refractivity contribution in [1.82, 2.24) is 10.6 Å². The van der Waals surface area contributed by atoms with Gasteiger partial charge in [-0.05, 0) is 45.2 Å². The Morgan fingerprint density at radius 3 is 2.29 bits per heavy atom. The van der Waals surface area contributed by atoms with Crippen LogP contribution in [0.3, 0.4) is 0 Å². The molecule has 0 fully saturated rings. The first-order chi connectivity index (χ1) is 15.6. The second-order valence-corrected chi connectivity index (χ2v) is 9.94. The highest BCUT2D eigenvalue weighted by Gasteiger charge is 2.36. The number of phenols is 1. The summed E-state index contributed by atoms with van der Waals surface area (Å²) in [7, 11) is 1.20. The van der Waals surface area contributed by atoms with Gasteiger partial charge in [0, 0.05) is 11.8 Å². The predicted molar refractivity (Wildman–Crippen MR) is 126 cm³/mol. The van der Waals surface area contributed by atoms with E-state index in [1.54, 1.807) is 27.7 Å². The van der Waals surface area contributed by atoms with E-state index >= 15 is 0 Å². The SMILES string of the molecule is COC(=O)CNC(=O)[C@@H](NC(=O)[C@@H](N=Cc1cccc(F)c1O)C(C)(C)C)[C@@H](C)OC(C)(C)C. The molecule has 0 bridgehead atoms. The minimum absolute atomic E-state index is 0.110. The van der Waals surface area contributed by atoms with Gasteiger partial charge < -0.3 is 25.2 Å². The number of carbonyl (C=O) groups is 3. The van der Waals surface area contributed by atoms with Crippen molar-refractivity contribution in [3.63, 3.8) is 0 Å². The first-order valence-electron chi connectivity index (χ1n) is 10.9. The Labute approximate surface area is 200 Å². The number of hydrogen-bond acceptors (Lipinski definition) is 7. The molecule has 3 atom stereocenters. The van der Waals surface area contributed by atoms with Gasteiger partial charge in [0.1, 0.15) is 18.6 Å². The fourth-order valence-corrected chi connectivity index (χ4v) is 3.07. The largest absolute Gasteiger partial charge is 0.504 e. The molecule has 2 amide bonds. The van der Waals surface area contributed by atoms with E-state index in [4.69, 9.17) is 4.74 Å². The number of aliphatic imine (C=N–C) groups is 1. The lowest BCUT2D eigenvalue weighted by molar-refractivity contribution is -0.143. The molecule has 0 unspecified atom stereocenters. The highest BCUT2D eigenvalue weighted by atomic mass is 19.1. The molecule has 0 saturated heterocycles. The molecule has 1 aromatic rings. The zero-order chi connectivity index (χ0) is 26.3. The predicted octanol–water partition coefficient (Wildman–Crippen LogP) is 2.34. The van der Waals surface area contributed by atoms with E-state index in [0.29, 0.717) is 0 Å². The number of phenolic OH excluding ortho intramolecular Hbond substituents is 1. The van der Waals surface area contributed by atoms with Gasteiger partial charge in [-0.3, -0.25) is 19.4 Å². The number of nitrogens with zero attached hydrogens (tertiary/aromatic N) is 1. The first-order valence-corrected chi connectivity index (χ1v) is 10.9. The smallest absolute Gasteiger partial charge is 0.325 e. The molecule has 0 saturated carbocycles. The number of para-hydroxylation sites is 1. The first kappa shape index (κ1) is 29.0. The molecule has 0 aliphatic heterocycles. The quantitative estimate of drug-likeness (QED) is 0.367. The van der Waals surface area contributed by atoms with Crippen LogP contribution in [-0.2, 0) is 23.9 Å². The lowest BCUT2D eigenvalue weighted by Gasteiger charge is -2.33. The Morgan fingerprint density at radius 1 is 1.15 bits per heavy atom. The molecule has 1 rings (SSSR count). The van der Waals surface area contributed by atoms with Crippen LogP contribution < -0.4 is 10.6 Å². The van der Waals surface area contributed by atoms with Crippen LogP contribution in [0.1, 0.15) is 54.0 Å². The third-order valence-corrected chi connectivity index (χ3v) is 4.67. The zero-order valence-electron chi connectivity index (χ0n) is 21.1. The Bertz CT molecular complexity index is 905. The van der Waals surface area contributed by atoms with Crippen molar-refractivity contribution in [1.29, 1.82) is 0 Å². The fourth-order valence-electron chi connectivity index (χ4n) is 3.07. The number of nitrogens with one attached hydrogen (secondary N) is 2. The Morgan fingerprint density at radius 2 is 1.76 bits per heavy atom. The molecule has 190 valence electrons. The zero-order valence-corrected chi connectivity index (χ0v) is 21.1. The van der Waals surface area contributed by atoms with E-state index in [1.165, 1.54) is 25.5 Å². The Hall–Kier alpha value is -3.01. The van der Waals surface area contributed by atoms with Crippen molar-refractivity contribution >= 4 is 24.0 Å². The molecule has 34 heavy (non-hydrogen) atoms. The number of rotatable bonds is 9. The summed E-state index contributed by atoms with van der Waals surface area (Å²) in [5, 5.41) is 15.0. The van der Waals surface area contributed by atoms with Gasteiger partial charge in [0.25, 0.3) is 0 Å². The molecule has 3 N–H and O–H groups in total. The maximum absolute atomic E-state index is 13.7. The summed E-state index contributed by atoms with van der Waals surface area (Å²) in [4.78, 5) is 41.8. The van der Waals surface area contributed by atoms with Crippen LogP contribution in [0.5, 0.6) is 5.75 Å². The standard InChI is InChI=1S/C24H36FN3O6/c1-14(34-24(5,6)7)18(21(31)27-13-17(29)33-8)28-22(32)20(23(2,3)4)26-12-15-10-9-11-16(25)19(15)30/h9-12,14,18,20,30H,13H2,1-8H3,(H,27,31)(H,28,32)/t14-,18+,20-/m1/s1. The number of halogens is 1. The van der Waals surface area contributed by atoms with Crippen molar-refractivity contribution in [2.24, 2.45) is 10.4 Å². The Kier molecular flexibility index (Phi) is 10.2. The average Bonchev–Trinajstić information content (AvgIpc) is 2.70. The van der Waals surface area contributed by atoms with Crippen LogP contribution >= 0.6 is 0 Å². The fraction of sp³-hybridized carbons (Fsp3) is 0.583. The molecule has 1 aromatic carbocycles. The number of benzene rings is 1. The van der Waals surface area contributed by atoms with E-state index in [9.17, 15) is 23.9 Å². The minimum Gasteiger partial charge on any atom is -0.504 e. The highest BCUT2D eigenvalue weighted by Crippen LogP contribution is 2.25. The van der Waals surface area contributed by atoms with E-state index in [2.05, 4.69) is 20.4 Å². The van der Waals surface area contributed by atoms with E-state index in [-0.39, 0.29) is 12.1 Å². The third kappa shape index (κ3) is 9.09. The lowest BCUT2D eigenvalue weighted by Crippen LogP contribution is -2.57. The topological polar surface area (TPSA) is 126 Å². The van der Waals surface area contributed by atoms with Crippen LogP contribution in [0.2, 0.25) is 0 Å². The molecular weight excluding hydrogens is 445 g/mol. The number of hydrogen-bond donors (Lipinski definition) is 3. The number of aromatic hydroxyl groups is 1. The minimum atomic E-state index is -1.14. The van der Waals surface area contributed by atoms with Gasteiger partial charge in [-0.1, -0.05) is 26.8 Å². The maximum Gasteiger partial charge on any atom is 0.325 e. The third-order valence-electron chi connectivity index (χ3n) is 4.67. The molecule has 0 heterocycles.